The lowest BCUT2D eigenvalue weighted by atomic mass is 10.2. The minimum atomic E-state index is -0.402. The monoisotopic (exact) mass is 424 g/mol. The second kappa shape index (κ2) is 8.06. The zero-order valence-corrected chi connectivity index (χ0v) is 17.1. The van der Waals surface area contributed by atoms with Gasteiger partial charge in [0.1, 0.15) is 4.88 Å². The highest BCUT2D eigenvalue weighted by molar-refractivity contribution is 7.21. The number of rotatable bonds is 5. The van der Waals surface area contributed by atoms with Crippen LogP contribution in [0.25, 0.3) is 10.1 Å². The summed E-state index contributed by atoms with van der Waals surface area (Å²) in [5.41, 5.74) is 1.12. The summed E-state index contributed by atoms with van der Waals surface area (Å²) in [6, 6.07) is 16.6. The molecule has 2 aromatic carbocycles. The van der Waals surface area contributed by atoms with Crippen molar-refractivity contribution in [2.75, 3.05) is 10.6 Å². The van der Waals surface area contributed by atoms with Crippen LogP contribution >= 0.6 is 22.9 Å². The van der Waals surface area contributed by atoms with Crippen molar-refractivity contribution >= 4 is 56.2 Å². The van der Waals surface area contributed by atoms with Gasteiger partial charge in [-0.25, -0.2) is 0 Å². The molecule has 0 saturated heterocycles. The van der Waals surface area contributed by atoms with E-state index in [1.165, 1.54) is 11.3 Å². The number of aromatic nitrogens is 2. The number of amides is 2. The first-order chi connectivity index (χ1) is 14.1. The number of halogens is 1. The molecule has 0 unspecified atom stereocenters. The highest BCUT2D eigenvalue weighted by atomic mass is 35.5. The molecular formula is C21H17ClN4O2S. The second-order valence-electron chi connectivity index (χ2n) is 6.26. The molecule has 0 radical (unpaired) electrons. The Morgan fingerprint density at radius 2 is 1.76 bits per heavy atom. The molecule has 0 bridgehead atoms. The van der Waals surface area contributed by atoms with E-state index in [-0.39, 0.29) is 11.6 Å². The number of carbonyl (C=O) groups excluding carboxylic acids is 2. The van der Waals surface area contributed by atoms with E-state index in [0.29, 0.717) is 27.8 Å². The van der Waals surface area contributed by atoms with Gasteiger partial charge in [0.15, 0.2) is 5.69 Å². The first kappa shape index (κ1) is 19.2. The Bertz CT molecular complexity index is 1200. The van der Waals surface area contributed by atoms with Crippen molar-refractivity contribution in [3.8, 4) is 0 Å². The zero-order chi connectivity index (χ0) is 20.4. The Labute approximate surface area is 176 Å². The van der Waals surface area contributed by atoms with Crippen LogP contribution in [0.15, 0.2) is 60.8 Å². The van der Waals surface area contributed by atoms with Crippen LogP contribution < -0.4 is 10.6 Å². The normalized spacial score (nSPS) is 10.8. The van der Waals surface area contributed by atoms with Gasteiger partial charge >= 0.3 is 0 Å². The largest absolute Gasteiger partial charge is 0.321 e. The molecule has 0 aliphatic rings. The third-order valence-corrected chi connectivity index (χ3v) is 6.00. The van der Waals surface area contributed by atoms with Gasteiger partial charge in [-0.1, -0.05) is 48.0 Å². The quantitative estimate of drug-likeness (QED) is 0.458. The number of para-hydroxylation sites is 1. The summed E-state index contributed by atoms with van der Waals surface area (Å²) in [4.78, 5) is 26.0. The van der Waals surface area contributed by atoms with E-state index < -0.39 is 5.91 Å². The maximum Gasteiger partial charge on any atom is 0.278 e. The molecule has 0 aliphatic heterocycles. The summed E-state index contributed by atoms with van der Waals surface area (Å²) in [5.74, 6) is -0.776. The molecule has 4 rings (SSSR count). The van der Waals surface area contributed by atoms with Crippen LogP contribution in [-0.2, 0) is 6.54 Å². The Balaban J connectivity index is 1.62. The van der Waals surface area contributed by atoms with Crippen LogP contribution in [0.1, 0.15) is 27.1 Å². The highest BCUT2D eigenvalue weighted by Crippen LogP contribution is 2.35. The van der Waals surface area contributed by atoms with Crippen molar-refractivity contribution in [2.24, 2.45) is 0 Å². The van der Waals surface area contributed by atoms with Crippen molar-refractivity contribution in [1.29, 1.82) is 0 Å². The third-order valence-electron chi connectivity index (χ3n) is 4.32. The van der Waals surface area contributed by atoms with E-state index >= 15 is 0 Å². The number of anilines is 2. The van der Waals surface area contributed by atoms with Gasteiger partial charge in [-0.2, -0.15) is 5.10 Å². The predicted molar refractivity (Wildman–Crippen MR) is 117 cm³/mol. The molecule has 0 fully saturated rings. The van der Waals surface area contributed by atoms with Gasteiger partial charge in [0.05, 0.1) is 10.7 Å². The summed E-state index contributed by atoms with van der Waals surface area (Å²) < 4.78 is 2.52. The van der Waals surface area contributed by atoms with Crippen molar-refractivity contribution < 1.29 is 9.59 Å². The number of carbonyl (C=O) groups is 2. The second-order valence-corrected chi connectivity index (χ2v) is 7.69. The Morgan fingerprint density at radius 3 is 2.48 bits per heavy atom. The molecule has 0 aliphatic carbocycles. The number of hydrogen-bond acceptors (Lipinski definition) is 4. The number of hydrogen-bond donors (Lipinski definition) is 2. The lowest BCUT2D eigenvalue weighted by Crippen LogP contribution is -2.17. The van der Waals surface area contributed by atoms with Gasteiger partial charge in [-0.3, -0.25) is 14.3 Å². The lowest BCUT2D eigenvalue weighted by molar-refractivity contribution is 0.102. The number of nitrogens with one attached hydrogen (secondary N) is 2. The van der Waals surface area contributed by atoms with E-state index in [2.05, 4.69) is 15.7 Å². The minimum absolute atomic E-state index is 0.140. The number of aryl methyl sites for hydroxylation is 1. The average molecular weight is 425 g/mol. The molecule has 2 aromatic heterocycles. The van der Waals surface area contributed by atoms with Crippen LogP contribution in [0, 0.1) is 0 Å². The van der Waals surface area contributed by atoms with E-state index in [1.807, 2.05) is 49.4 Å². The third kappa shape index (κ3) is 3.87. The number of nitrogens with zero attached hydrogens (tertiary/aromatic N) is 2. The maximum atomic E-state index is 12.9. The molecule has 0 atom stereocenters. The van der Waals surface area contributed by atoms with Gasteiger partial charge in [0.2, 0.25) is 0 Å². The minimum Gasteiger partial charge on any atom is -0.321 e. The van der Waals surface area contributed by atoms with Gasteiger partial charge in [0, 0.05) is 28.5 Å². The van der Waals surface area contributed by atoms with Crippen LogP contribution in [0.2, 0.25) is 5.02 Å². The zero-order valence-electron chi connectivity index (χ0n) is 15.5. The topological polar surface area (TPSA) is 76.0 Å². The predicted octanol–water partition coefficient (Wildman–Crippen LogP) is 5.28. The molecule has 2 amide bonds. The molecule has 6 nitrogen and oxygen atoms in total. The molecule has 8 heteroatoms. The van der Waals surface area contributed by atoms with E-state index in [1.54, 1.807) is 23.0 Å². The Hall–Kier alpha value is -3.16. The first-order valence-electron chi connectivity index (χ1n) is 8.99. The van der Waals surface area contributed by atoms with Crippen molar-refractivity contribution in [3.63, 3.8) is 0 Å². The highest BCUT2D eigenvalue weighted by Gasteiger charge is 2.22. The molecular weight excluding hydrogens is 408 g/mol. The van der Waals surface area contributed by atoms with E-state index in [4.69, 9.17) is 11.6 Å². The first-order valence-corrected chi connectivity index (χ1v) is 10.2. The van der Waals surface area contributed by atoms with E-state index in [9.17, 15) is 9.59 Å². The molecule has 0 spiro atoms. The van der Waals surface area contributed by atoms with Gasteiger partial charge in [-0.05, 0) is 25.1 Å². The maximum absolute atomic E-state index is 12.9. The Kier molecular flexibility index (Phi) is 5.33. The molecule has 29 heavy (non-hydrogen) atoms. The smallest absolute Gasteiger partial charge is 0.278 e. The SMILES string of the molecule is CCn1cc(NC(=O)c2sc3ccccc3c2Cl)c(C(=O)Nc2ccccc2)n1. The van der Waals surface area contributed by atoms with Crippen LogP contribution in [0.4, 0.5) is 11.4 Å². The number of thiophene rings is 1. The molecule has 2 heterocycles. The van der Waals surface area contributed by atoms with Crippen molar-refractivity contribution in [3.05, 3.63) is 76.4 Å². The molecule has 146 valence electrons. The average Bonchev–Trinajstić information content (AvgIpc) is 3.30. The number of fused-ring (bicyclic) bond motifs is 1. The van der Waals surface area contributed by atoms with E-state index in [0.717, 1.165) is 10.1 Å². The standard InChI is InChI=1S/C21H17ClN4O2S/c1-2-26-12-15(18(25-26)20(27)23-13-8-4-3-5-9-13)24-21(28)19-17(22)14-10-6-7-11-16(14)29-19/h3-12H,2H2,1H3,(H,23,27)(H,24,28). The van der Waals surface area contributed by atoms with Crippen LogP contribution in [0.5, 0.6) is 0 Å². The molecule has 4 aromatic rings. The van der Waals surface area contributed by atoms with Crippen molar-refractivity contribution in [1.82, 2.24) is 9.78 Å². The summed E-state index contributed by atoms with van der Waals surface area (Å²) in [6.45, 7) is 2.46. The van der Waals surface area contributed by atoms with Gasteiger partial charge < -0.3 is 10.6 Å². The fraction of sp³-hybridized carbons (Fsp3) is 0.0952. The van der Waals surface area contributed by atoms with Crippen LogP contribution in [-0.4, -0.2) is 21.6 Å². The molecule has 0 saturated carbocycles. The lowest BCUT2D eigenvalue weighted by Gasteiger charge is -2.06. The summed E-state index contributed by atoms with van der Waals surface area (Å²) in [5, 5.41) is 11.1. The fourth-order valence-corrected chi connectivity index (χ4v) is 4.31. The summed E-state index contributed by atoms with van der Waals surface area (Å²) >= 11 is 7.72. The number of benzene rings is 2. The Morgan fingerprint density at radius 1 is 1.03 bits per heavy atom. The fourth-order valence-electron chi connectivity index (χ4n) is 2.89. The van der Waals surface area contributed by atoms with Gasteiger partial charge in [-0.15, -0.1) is 11.3 Å². The van der Waals surface area contributed by atoms with Gasteiger partial charge in [0.25, 0.3) is 11.8 Å². The van der Waals surface area contributed by atoms with Crippen molar-refractivity contribution in [2.45, 2.75) is 13.5 Å². The summed E-state index contributed by atoms with van der Waals surface area (Å²) in [6.07, 6.45) is 1.64. The molecule has 2 N–H and O–H groups in total. The van der Waals surface area contributed by atoms with Crippen LogP contribution in [0.3, 0.4) is 0 Å². The summed E-state index contributed by atoms with van der Waals surface area (Å²) in [7, 11) is 0.